The van der Waals surface area contributed by atoms with Crippen LogP contribution in [0.5, 0.6) is 5.75 Å². The largest absolute Gasteiger partial charge is 0.491 e. The lowest BCUT2D eigenvalue weighted by Gasteiger charge is -2.29. The number of unbranched alkanes of at least 4 members (excludes halogenated alkanes) is 1. The molecule has 1 heterocycles. The molecule has 0 spiro atoms. The second kappa shape index (κ2) is 10.4. The Balaban J connectivity index is 1.83. The third-order valence-corrected chi connectivity index (χ3v) is 9.81. The summed E-state index contributed by atoms with van der Waals surface area (Å²) in [6.07, 6.45) is 3.84. The summed E-state index contributed by atoms with van der Waals surface area (Å²) in [6, 6.07) is 13.2. The van der Waals surface area contributed by atoms with Crippen molar-refractivity contribution < 1.29 is 23.1 Å². The van der Waals surface area contributed by atoms with Crippen molar-refractivity contribution in [2.24, 2.45) is 5.41 Å². The third-order valence-electron chi connectivity index (χ3n) is 6.95. The van der Waals surface area contributed by atoms with Gasteiger partial charge >= 0.3 is 5.97 Å². The highest BCUT2D eigenvalue weighted by Crippen LogP contribution is 2.48. The van der Waals surface area contributed by atoms with Crippen molar-refractivity contribution >= 4 is 39.1 Å². The summed E-state index contributed by atoms with van der Waals surface area (Å²) in [5, 5.41) is 9.57. The van der Waals surface area contributed by atoms with E-state index in [1.807, 2.05) is 43.3 Å². The maximum absolute atomic E-state index is 13.9. The van der Waals surface area contributed by atoms with E-state index in [0.717, 1.165) is 35.6 Å². The van der Waals surface area contributed by atoms with Crippen LogP contribution in [0.3, 0.4) is 0 Å². The summed E-state index contributed by atoms with van der Waals surface area (Å²) in [4.78, 5) is 14.8. The number of carboxylic acid groups (broad SMARTS) is 1. The Bertz CT molecular complexity index is 1170. The van der Waals surface area contributed by atoms with Crippen molar-refractivity contribution in [3.8, 4) is 5.75 Å². The molecule has 1 N–H and O–H groups in total. The van der Waals surface area contributed by atoms with Gasteiger partial charge in [0, 0.05) is 31.4 Å². The topological polar surface area (TPSA) is 87.1 Å². The second-order valence-electron chi connectivity index (χ2n) is 9.34. The first-order valence-electron chi connectivity index (χ1n) is 12.2. The number of aliphatic carboxylic acids is 1. The minimum Gasteiger partial charge on any atom is -0.491 e. The molecule has 1 aliphatic carbocycles. The zero-order valence-corrected chi connectivity index (χ0v) is 22.2. The van der Waals surface area contributed by atoms with E-state index < -0.39 is 21.4 Å². The van der Waals surface area contributed by atoms with Gasteiger partial charge in [0.25, 0.3) is 0 Å². The van der Waals surface area contributed by atoms with E-state index in [1.165, 1.54) is 4.31 Å². The highest BCUT2D eigenvalue weighted by atomic mass is 32.2. The van der Waals surface area contributed by atoms with Crippen LogP contribution >= 0.6 is 11.8 Å². The molecule has 1 fully saturated rings. The molecule has 1 aliphatic heterocycles. The number of likely N-dealkylation sites (N-methyl/N-ethyl adjacent to an activating group) is 1. The Labute approximate surface area is 212 Å². The molecule has 0 radical (unpaired) electrons. The molecule has 7 nitrogen and oxygen atoms in total. The molecule has 0 amide bonds. The first-order valence-corrected chi connectivity index (χ1v) is 14.6. The Morgan fingerprint density at radius 2 is 1.91 bits per heavy atom. The molecular formula is C26H34N2O5S2. The van der Waals surface area contributed by atoms with Gasteiger partial charge in [0.15, 0.2) is 0 Å². The first-order chi connectivity index (χ1) is 16.7. The van der Waals surface area contributed by atoms with E-state index in [9.17, 15) is 18.3 Å². The van der Waals surface area contributed by atoms with Gasteiger partial charge in [0.05, 0.1) is 10.6 Å². The number of hydrogen-bond acceptors (Lipinski definition) is 6. The van der Waals surface area contributed by atoms with Gasteiger partial charge in [-0.1, -0.05) is 44.9 Å². The molecule has 0 unspecified atom stereocenters. The summed E-state index contributed by atoms with van der Waals surface area (Å²) in [6.45, 7) is 4.72. The number of carboxylic acids is 1. The Morgan fingerprint density at radius 1 is 1.20 bits per heavy atom. The van der Waals surface area contributed by atoms with Crippen molar-refractivity contribution in [3.63, 3.8) is 0 Å². The standard InChI is InChI=1S/C26H34N2O5S2/c1-4-6-10-20-17-28(19-11-8-7-9-12-19)21-15-23(34-5-2)22(16-24(21)35(31,32)27(20)3)33-18-26(13-14-26)25(29)30/h7-9,11-12,15-16,20H,4-6,10,13-14,17-18H2,1-3H3,(H,29,30)/t20-/m0/s1. The molecule has 0 aromatic heterocycles. The summed E-state index contributed by atoms with van der Waals surface area (Å²) in [5.74, 6) is 0.342. The van der Waals surface area contributed by atoms with Crippen LogP contribution in [-0.4, -0.2) is 55.8 Å². The van der Waals surface area contributed by atoms with E-state index in [0.29, 0.717) is 30.8 Å². The zero-order valence-electron chi connectivity index (χ0n) is 20.6. The van der Waals surface area contributed by atoms with Crippen LogP contribution in [-0.2, 0) is 14.8 Å². The number of ether oxygens (including phenoxy) is 1. The molecule has 1 saturated carbocycles. The average molecular weight is 519 g/mol. The fourth-order valence-electron chi connectivity index (χ4n) is 4.46. The van der Waals surface area contributed by atoms with Crippen LogP contribution in [0.1, 0.15) is 46.0 Å². The fourth-order valence-corrected chi connectivity index (χ4v) is 6.79. The van der Waals surface area contributed by atoms with Crippen LogP contribution < -0.4 is 9.64 Å². The van der Waals surface area contributed by atoms with Crippen LogP contribution in [0.4, 0.5) is 11.4 Å². The molecule has 9 heteroatoms. The SMILES string of the molecule is CCCC[C@H]1CN(c2ccccc2)c2cc(SCC)c(OCC3(C(=O)O)CC3)cc2S(=O)(=O)N1C. The molecule has 0 saturated heterocycles. The molecule has 2 aromatic rings. The number of rotatable bonds is 10. The molecule has 2 aliphatic rings. The fraction of sp³-hybridized carbons (Fsp3) is 0.500. The van der Waals surface area contributed by atoms with Gasteiger partial charge < -0.3 is 14.7 Å². The van der Waals surface area contributed by atoms with Gasteiger partial charge in [-0.3, -0.25) is 4.79 Å². The summed E-state index contributed by atoms with van der Waals surface area (Å²) < 4.78 is 35.3. The number of nitrogens with zero attached hydrogens (tertiary/aromatic N) is 2. The maximum Gasteiger partial charge on any atom is 0.313 e. The number of carbonyl (C=O) groups is 1. The molecule has 1 atom stereocenters. The van der Waals surface area contributed by atoms with Gasteiger partial charge in [0.2, 0.25) is 10.0 Å². The van der Waals surface area contributed by atoms with Gasteiger partial charge in [0.1, 0.15) is 22.7 Å². The Hall–Kier alpha value is -2.23. The van der Waals surface area contributed by atoms with Gasteiger partial charge in [-0.05, 0) is 43.2 Å². The van der Waals surface area contributed by atoms with Gasteiger partial charge in [-0.25, -0.2) is 8.42 Å². The monoisotopic (exact) mass is 518 g/mol. The summed E-state index contributed by atoms with van der Waals surface area (Å²) in [7, 11) is -2.14. The zero-order chi connectivity index (χ0) is 25.2. The van der Waals surface area contributed by atoms with Gasteiger partial charge in [-0.15, -0.1) is 11.8 Å². The normalized spacial score (nSPS) is 20.7. The van der Waals surface area contributed by atoms with Crippen LogP contribution in [0, 0.1) is 5.41 Å². The Morgan fingerprint density at radius 3 is 2.51 bits per heavy atom. The molecule has 190 valence electrons. The molecule has 4 rings (SSSR count). The van der Waals surface area contributed by atoms with E-state index in [2.05, 4.69) is 11.8 Å². The van der Waals surface area contributed by atoms with Crippen molar-refractivity contribution in [1.82, 2.24) is 4.31 Å². The number of para-hydroxylation sites is 1. The molecular weight excluding hydrogens is 484 g/mol. The number of thioether (sulfide) groups is 1. The van der Waals surface area contributed by atoms with E-state index >= 15 is 0 Å². The molecule has 0 bridgehead atoms. The average Bonchev–Trinajstić information content (AvgIpc) is 3.65. The number of hydrogen-bond donors (Lipinski definition) is 1. The minimum absolute atomic E-state index is 0.0375. The predicted molar refractivity (Wildman–Crippen MR) is 139 cm³/mol. The summed E-state index contributed by atoms with van der Waals surface area (Å²) >= 11 is 1.57. The van der Waals surface area contributed by atoms with Crippen molar-refractivity contribution in [2.45, 2.75) is 61.8 Å². The van der Waals surface area contributed by atoms with Crippen molar-refractivity contribution in [3.05, 3.63) is 42.5 Å². The molecule has 35 heavy (non-hydrogen) atoms. The molecule has 2 aromatic carbocycles. The first kappa shape index (κ1) is 25.9. The third kappa shape index (κ3) is 5.17. The number of anilines is 2. The predicted octanol–water partition coefficient (Wildman–Crippen LogP) is 5.37. The van der Waals surface area contributed by atoms with E-state index in [4.69, 9.17) is 4.74 Å². The lowest BCUT2D eigenvalue weighted by atomic mass is 10.1. The number of sulfonamides is 1. The number of fused-ring (bicyclic) bond motifs is 1. The summed E-state index contributed by atoms with van der Waals surface area (Å²) in [5.41, 5.74) is 0.701. The second-order valence-corrected chi connectivity index (χ2v) is 12.6. The van der Waals surface area contributed by atoms with Gasteiger partial charge in [-0.2, -0.15) is 4.31 Å². The highest BCUT2D eigenvalue weighted by Gasteiger charge is 2.51. The van der Waals surface area contributed by atoms with Crippen LogP contribution in [0.25, 0.3) is 0 Å². The highest BCUT2D eigenvalue weighted by molar-refractivity contribution is 7.99. The smallest absolute Gasteiger partial charge is 0.313 e. The minimum atomic E-state index is -3.80. The van der Waals surface area contributed by atoms with Crippen molar-refractivity contribution in [2.75, 3.05) is 30.9 Å². The number of benzene rings is 2. The van der Waals surface area contributed by atoms with E-state index in [1.54, 1.807) is 24.9 Å². The van der Waals surface area contributed by atoms with Crippen LogP contribution in [0.15, 0.2) is 52.3 Å². The van der Waals surface area contributed by atoms with Crippen molar-refractivity contribution in [1.29, 1.82) is 0 Å². The lowest BCUT2D eigenvalue weighted by molar-refractivity contribution is -0.144. The quantitative estimate of drug-likeness (QED) is 0.423. The maximum atomic E-state index is 13.9. The Kier molecular flexibility index (Phi) is 7.68. The van der Waals surface area contributed by atoms with E-state index in [-0.39, 0.29) is 17.5 Å². The lowest BCUT2D eigenvalue weighted by Crippen LogP contribution is -2.40. The van der Waals surface area contributed by atoms with Crippen LogP contribution in [0.2, 0.25) is 0 Å².